The highest BCUT2D eigenvalue weighted by Crippen LogP contribution is 2.18. The van der Waals surface area contributed by atoms with Crippen LogP contribution in [0.25, 0.3) is 5.65 Å². The number of carbonyl (C=O) groups excluding carboxylic acids is 1. The third-order valence-corrected chi connectivity index (χ3v) is 4.75. The van der Waals surface area contributed by atoms with E-state index in [0.29, 0.717) is 13.0 Å². The van der Waals surface area contributed by atoms with Crippen molar-refractivity contribution in [3.8, 4) is 0 Å². The van der Waals surface area contributed by atoms with E-state index in [4.69, 9.17) is 0 Å². The van der Waals surface area contributed by atoms with Crippen molar-refractivity contribution in [2.75, 3.05) is 12.3 Å². The fraction of sp³-hybridized carbons (Fsp3) is 0.263. The lowest BCUT2D eigenvalue weighted by atomic mass is 10.2. The second-order valence-corrected chi connectivity index (χ2v) is 6.88. The molecule has 4 nitrogen and oxygen atoms in total. The van der Waals surface area contributed by atoms with Crippen molar-refractivity contribution in [3.05, 3.63) is 66.1 Å². The van der Waals surface area contributed by atoms with Gasteiger partial charge in [-0.15, -0.1) is 11.8 Å². The zero-order valence-corrected chi connectivity index (χ0v) is 14.6. The number of fused-ring (bicyclic) bond motifs is 1. The van der Waals surface area contributed by atoms with Crippen molar-refractivity contribution in [1.82, 2.24) is 14.7 Å². The molecule has 0 fully saturated rings. The van der Waals surface area contributed by atoms with E-state index < -0.39 is 0 Å². The number of nitrogens with one attached hydrogen (secondary N) is 1. The molecular weight excluding hydrogens is 318 g/mol. The third kappa shape index (κ3) is 4.61. The van der Waals surface area contributed by atoms with Gasteiger partial charge in [-0.1, -0.05) is 23.8 Å². The van der Waals surface area contributed by atoms with Crippen LogP contribution in [-0.2, 0) is 11.2 Å². The first-order valence-electron chi connectivity index (χ1n) is 8.09. The molecule has 1 N–H and O–H groups in total. The second-order valence-electron chi connectivity index (χ2n) is 5.71. The van der Waals surface area contributed by atoms with Crippen LogP contribution in [0, 0.1) is 6.92 Å². The molecule has 0 aliphatic heterocycles. The van der Waals surface area contributed by atoms with Gasteiger partial charge in [-0.3, -0.25) is 4.79 Å². The minimum atomic E-state index is 0.0957. The first-order valence-corrected chi connectivity index (χ1v) is 9.08. The Morgan fingerprint density at radius 3 is 2.83 bits per heavy atom. The summed E-state index contributed by atoms with van der Waals surface area (Å²) in [6, 6.07) is 14.3. The van der Waals surface area contributed by atoms with E-state index in [2.05, 4.69) is 41.5 Å². The van der Waals surface area contributed by atoms with Gasteiger partial charge in [0, 0.05) is 42.4 Å². The zero-order valence-electron chi connectivity index (χ0n) is 13.7. The first kappa shape index (κ1) is 16.6. The van der Waals surface area contributed by atoms with Gasteiger partial charge in [-0.2, -0.15) is 0 Å². The summed E-state index contributed by atoms with van der Waals surface area (Å²) in [4.78, 5) is 17.6. The molecule has 2 aromatic heterocycles. The van der Waals surface area contributed by atoms with Gasteiger partial charge in [0.25, 0.3) is 0 Å². The Kier molecular flexibility index (Phi) is 5.54. The number of benzene rings is 1. The summed E-state index contributed by atoms with van der Waals surface area (Å²) in [5, 5.41) is 2.97. The minimum absolute atomic E-state index is 0.0957. The molecule has 1 amide bonds. The van der Waals surface area contributed by atoms with Crippen molar-refractivity contribution in [2.45, 2.75) is 24.7 Å². The molecule has 124 valence electrons. The lowest BCUT2D eigenvalue weighted by molar-refractivity contribution is -0.120. The molecule has 0 atom stereocenters. The molecule has 0 aliphatic rings. The Morgan fingerprint density at radius 2 is 2.04 bits per heavy atom. The molecule has 0 saturated carbocycles. The van der Waals surface area contributed by atoms with E-state index in [0.717, 1.165) is 23.5 Å². The Morgan fingerprint density at radius 1 is 1.21 bits per heavy atom. The highest BCUT2D eigenvalue weighted by molar-refractivity contribution is 7.99. The molecule has 1 aromatic carbocycles. The number of pyridine rings is 1. The quantitative estimate of drug-likeness (QED) is 0.670. The van der Waals surface area contributed by atoms with E-state index in [-0.39, 0.29) is 5.91 Å². The molecule has 2 heterocycles. The Labute approximate surface area is 146 Å². The predicted octanol–water partition coefficient (Wildman–Crippen LogP) is 3.48. The summed E-state index contributed by atoms with van der Waals surface area (Å²) in [7, 11) is 0. The average molecular weight is 339 g/mol. The second kappa shape index (κ2) is 8.02. The summed E-state index contributed by atoms with van der Waals surface area (Å²) in [6.45, 7) is 2.70. The number of hydrogen-bond acceptors (Lipinski definition) is 3. The van der Waals surface area contributed by atoms with Crippen molar-refractivity contribution < 1.29 is 4.79 Å². The topological polar surface area (TPSA) is 46.4 Å². The highest BCUT2D eigenvalue weighted by Gasteiger charge is 2.04. The molecular formula is C19H21N3OS. The van der Waals surface area contributed by atoms with Crippen LogP contribution in [-0.4, -0.2) is 27.6 Å². The average Bonchev–Trinajstić information content (AvgIpc) is 2.99. The normalized spacial score (nSPS) is 10.9. The van der Waals surface area contributed by atoms with Gasteiger partial charge in [-0.25, -0.2) is 4.98 Å². The number of rotatable bonds is 7. The van der Waals surface area contributed by atoms with Crippen molar-refractivity contribution in [1.29, 1.82) is 0 Å². The lowest BCUT2D eigenvalue weighted by Crippen LogP contribution is -2.25. The van der Waals surface area contributed by atoms with Crippen LogP contribution >= 0.6 is 11.8 Å². The van der Waals surface area contributed by atoms with E-state index in [9.17, 15) is 4.79 Å². The molecule has 0 aliphatic carbocycles. The van der Waals surface area contributed by atoms with Crippen molar-refractivity contribution in [2.24, 2.45) is 0 Å². The van der Waals surface area contributed by atoms with Crippen LogP contribution in [0.3, 0.4) is 0 Å². The first-order chi connectivity index (χ1) is 11.7. The molecule has 3 rings (SSSR count). The van der Waals surface area contributed by atoms with Crippen LogP contribution in [0.1, 0.15) is 17.7 Å². The van der Waals surface area contributed by atoms with Gasteiger partial charge >= 0.3 is 0 Å². The van der Waals surface area contributed by atoms with Crippen molar-refractivity contribution in [3.63, 3.8) is 0 Å². The van der Waals surface area contributed by atoms with Crippen LogP contribution in [0.4, 0.5) is 0 Å². The van der Waals surface area contributed by atoms with Crippen molar-refractivity contribution >= 4 is 23.3 Å². The maximum absolute atomic E-state index is 11.9. The van der Waals surface area contributed by atoms with Gasteiger partial charge in [0.05, 0.1) is 5.69 Å². The summed E-state index contributed by atoms with van der Waals surface area (Å²) in [5.41, 5.74) is 3.19. The van der Waals surface area contributed by atoms with Crippen LogP contribution in [0.2, 0.25) is 0 Å². The van der Waals surface area contributed by atoms with Gasteiger partial charge in [0.2, 0.25) is 5.91 Å². The molecule has 0 spiro atoms. The van der Waals surface area contributed by atoms with Crippen LogP contribution in [0.5, 0.6) is 0 Å². The van der Waals surface area contributed by atoms with E-state index >= 15 is 0 Å². The molecule has 24 heavy (non-hydrogen) atoms. The summed E-state index contributed by atoms with van der Waals surface area (Å²) >= 11 is 1.71. The van der Waals surface area contributed by atoms with E-state index in [1.54, 1.807) is 11.8 Å². The predicted molar refractivity (Wildman–Crippen MR) is 98.4 cm³/mol. The SMILES string of the molecule is Cc1ccc(SCCC(=O)NCCc2cn3ccccc3n2)cc1. The number of hydrogen-bond donors (Lipinski definition) is 1. The number of carbonyl (C=O) groups is 1. The number of imidazole rings is 1. The Hall–Kier alpha value is -2.27. The smallest absolute Gasteiger partial charge is 0.220 e. The number of aryl methyl sites for hydroxylation is 1. The summed E-state index contributed by atoms with van der Waals surface area (Å²) in [5.74, 6) is 0.891. The number of amides is 1. The monoisotopic (exact) mass is 339 g/mol. The van der Waals surface area contributed by atoms with Gasteiger partial charge in [0.1, 0.15) is 5.65 Å². The fourth-order valence-electron chi connectivity index (χ4n) is 2.42. The number of thioether (sulfide) groups is 1. The maximum Gasteiger partial charge on any atom is 0.220 e. The number of nitrogens with zero attached hydrogens (tertiary/aromatic N) is 2. The molecule has 3 aromatic rings. The summed E-state index contributed by atoms with van der Waals surface area (Å²) < 4.78 is 2.00. The Bertz CT molecular complexity index is 778. The van der Waals surface area contributed by atoms with Gasteiger partial charge < -0.3 is 9.72 Å². The highest BCUT2D eigenvalue weighted by atomic mass is 32.2. The van der Waals surface area contributed by atoms with Gasteiger partial charge in [0.15, 0.2) is 0 Å². The van der Waals surface area contributed by atoms with E-state index in [1.807, 2.05) is 35.0 Å². The minimum Gasteiger partial charge on any atom is -0.356 e. The van der Waals surface area contributed by atoms with Crippen LogP contribution < -0.4 is 5.32 Å². The standard InChI is InChI=1S/C19H21N3OS/c1-15-5-7-17(8-6-15)24-13-10-19(23)20-11-9-16-14-22-12-3-2-4-18(22)21-16/h2-8,12,14H,9-11,13H2,1H3,(H,20,23). The zero-order chi connectivity index (χ0) is 16.8. The van der Waals surface area contributed by atoms with Crippen LogP contribution in [0.15, 0.2) is 59.8 Å². The fourth-order valence-corrected chi connectivity index (χ4v) is 3.27. The molecule has 5 heteroatoms. The maximum atomic E-state index is 11.9. The molecule has 0 radical (unpaired) electrons. The third-order valence-electron chi connectivity index (χ3n) is 3.74. The summed E-state index contributed by atoms with van der Waals surface area (Å²) in [6.07, 6.45) is 5.27. The number of aromatic nitrogens is 2. The lowest BCUT2D eigenvalue weighted by Gasteiger charge is -2.04. The molecule has 0 unspecified atom stereocenters. The largest absolute Gasteiger partial charge is 0.356 e. The molecule has 0 bridgehead atoms. The Balaban J connectivity index is 1.37. The van der Waals surface area contributed by atoms with E-state index in [1.165, 1.54) is 10.5 Å². The van der Waals surface area contributed by atoms with Gasteiger partial charge in [-0.05, 0) is 31.2 Å². The molecule has 0 saturated heterocycles.